The first kappa shape index (κ1) is 21.8. The minimum atomic E-state index is -0.870. The molecule has 1 unspecified atom stereocenters. The van der Waals surface area contributed by atoms with Gasteiger partial charge >= 0.3 is 0 Å². The normalized spacial score (nSPS) is 17.2. The van der Waals surface area contributed by atoms with Crippen LogP contribution in [0.5, 0.6) is 5.75 Å². The summed E-state index contributed by atoms with van der Waals surface area (Å²) in [5.74, 6) is -1.59. The maximum atomic E-state index is 13.1. The van der Waals surface area contributed by atoms with Crippen LogP contribution in [0.1, 0.15) is 24.1 Å². The van der Waals surface area contributed by atoms with E-state index in [4.69, 9.17) is 4.74 Å². The molecule has 1 aromatic heterocycles. The van der Waals surface area contributed by atoms with Crippen molar-refractivity contribution in [3.63, 3.8) is 0 Å². The van der Waals surface area contributed by atoms with E-state index in [1.165, 1.54) is 18.9 Å². The van der Waals surface area contributed by atoms with Gasteiger partial charge in [0, 0.05) is 36.3 Å². The number of hydrogen-bond donors (Lipinski definition) is 2. The largest absolute Gasteiger partial charge is 0.507 e. The van der Waals surface area contributed by atoms with Gasteiger partial charge in [0.05, 0.1) is 18.7 Å². The van der Waals surface area contributed by atoms with Gasteiger partial charge in [-0.25, -0.2) is 0 Å². The molecule has 0 aliphatic carbocycles. The highest BCUT2D eigenvalue weighted by Crippen LogP contribution is 2.42. The van der Waals surface area contributed by atoms with E-state index >= 15 is 0 Å². The number of ether oxygens (including phenoxy) is 1. The van der Waals surface area contributed by atoms with Crippen LogP contribution in [0.15, 0.2) is 78.6 Å². The molecule has 1 atom stereocenters. The molecule has 1 saturated heterocycles. The topological polar surface area (TPSA) is 109 Å². The van der Waals surface area contributed by atoms with Crippen molar-refractivity contribution in [1.29, 1.82) is 0 Å². The molecule has 2 aromatic carbocycles. The number of aromatic nitrogens is 1. The van der Waals surface area contributed by atoms with E-state index in [0.29, 0.717) is 28.3 Å². The molecular weight excluding hydrogens is 422 g/mol. The molecule has 8 nitrogen and oxygen atoms in total. The smallest absolute Gasteiger partial charge is 0.300 e. The highest BCUT2D eigenvalue weighted by molar-refractivity contribution is 6.51. The highest BCUT2D eigenvalue weighted by Gasteiger charge is 2.47. The summed E-state index contributed by atoms with van der Waals surface area (Å²) in [7, 11) is 1.50. The number of rotatable bonds is 5. The number of methoxy groups -OCH3 is 1. The molecule has 0 spiro atoms. The predicted molar refractivity (Wildman–Crippen MR) is 123 cm³/mol. The van der Waals surface area contributed by atoms with E-state index in [0.717, 1.165) is 0 Å². The summed E-state index contributed by atoms with van der Waals surface area (Å²) >= 11 is 0. The highest BCUT2D eigenvalue weighted by atomic mass is 16.5. The van der Waals surface area contributed by atoms with Gasteiger partial charge in [0.2, 0.25) is 5.91 Å². The molecule has 0 radical (unpaired) electrons. The van der Waals surface area contributed by atoms with Crippen LogP contribution in [0.25, 0.3) is 5.76 Å². The molecule has 1 aliphatic rings. The number of anilines is 2. The van der Waals surface area contributed by atoms with E-state index in [1.54, 1.807) is 73.1 Å². The minimum absolute atomic E-state index is 0.0367. The number of benzene rings is 2. The van der Waals surface area contributed by atoms with Gasteiger partial charge in [0.25, 0.3) is 11.7 Å². The van der Waals surface area contributed by atoms with Crippen molar-refractivity contribution >= 4 is 34.7 Å². The summed E-state index contributed by atoms with van der Waals surface area (Å²) in [5, 5.41) is 13.8. The number of aliphatic hydroxyl groups excluding tert-OH is 1. The van der Waals surface area contributed by atoms with Crippen LogP contribution >= 0.6 is 0 Å². The van der Waals surface area contributed by atoms with Gasteiger partial charge in [-0.1, -0.05) is 12.1 Å². The lowest BCUT2D eigenvalue weighted by molar-refractivity contribution is -0.132. The third-order valence-electron chi connectivity index (χ3n) is 5.28. The molecule has 0 bridgehead atoms. The molecule has 0 saturated carbocycles. The lowest BCUT2D eigenvalue weighted by Crippen LogP contribution is -2.29. The van der Waals surface area contributed by atoms with Crippen molar-refractivity contribution < 1.29 is 24.2 Å². The molecule has 2 amide bonds. The van der Waals surface area contributed by atoms with Crippen molar-refractivity contribution in [2.24, 2.45) is 0 Å². The van der Waals surface area contributed by atoms with E-state index < -0.39 is 17.7 Å². The molecule has 33 heavy (non-hydrogen) atoms. The second-order valence-corrected chi connectivity index (χ2v) is 7.41. The fraction of sp³-hybridized carbons (Fsp3) is 0.120. The fourth-order valence-electron chi connectivity index (χ4n) is 3.79. The monoisotopic (exact) mass is 443 g/mol. The van der Waals surface area contributed by atoms with E-state index in [9.17, 15) is 19.5 Å². The number of hydrogen-bond acceptors (Lipinski definition) is 6. The van der Waals surface area contributed by atoms with Crippen LogP contribution in [0.3, 0.4) is 0 Å². The lowest BCUT2D eigenvalue weighted by atomic mass is 9.95. The van der Waals surface area contributed by atoms with Gasteiger partial charge in [-0.3, -0.25) is 24.3 Å². The third kappa shape index (κ3) is 4.18. The number of nitrogens with zero attached hydrogens (tertiary/aromatic N) is 2. The Hall–Kier alpha value is -4.46. The fourth-order valence-corrected chi connectivity index (χ4v) is 3.79. The van der Waals surface area contributed by atoms with Gasteiger partial charge in [-0.15, -0.1) is 0 Å². The first-order chi connectivity index (χ1) is 15.9. The number of aliphatic hydroxyl groups is 1. The number of ketones is 1. The zero-order valence-corrected chi connectivity index (χ0v) is 18.0. The van der Waals surface area contributed by atoms with Crippen molar-refractivity contribution in [2.75, 3.05) is 17.3 Å². The average molecular weight is 443 g/mol. The van der Waals surface area contributed by atoms with Gasteiger partial charge in [-0.2, -0.15) is 0 Å². The average Bonchev–Trinajstić information content (AvgIpc) is 3.10. The Morgan fingerprint density at radius 2 is 1.76 bits per heavy atom. The Balaban J connectivity index is 1.86. The zero-order valence-electron chi connectivity index (χ0n) is 18.0. The van der Waals surface area contributed by atoms with Gasteiger partial charge in [0.1, 0.15) is 11.5 Å². The van der Waals surface area contributed by atoms with Crippen molar-refractivity contribution in [3.05, 3.63) is 89.8 Å². The number of pyridine rings is 1. The maximum absolute atomic E-state index is 13.1. The second-order valence-electron chi connectivity index (χ2n) is 7.41. The molecule has 1 fully saturated rings. The quantitative estimate of drug-likeness (QED) is 0.354. The predicted octanol–water partition coefficient (Wildman–Crippen LogP) is 3.67. The number of nitrogens with one attached hydrogen (secondary N) is 1. The van der Waals surface area contributed by atoms with E-state index in [2.05, 4.69) is 10.3 Å². The molecule has 3 aromatic rings. The van der Waals surface area contributed by atoms with Gasteiger partial charge < -0.3 is 15.2 Å². The summed E-state index contributed by atoms with van der Waals surface area (Å²) in [6.45, 7) is 1.40. The van der Waals surface area contributed by atoms with Crippen molar-refractivity contribution in [1.82, 2.24) is 4.98 Å². The van der Waals surface area contributed by atoms with E-state index in [-0.39, 0.29) is 17.2 Å². The molecule has 8 heteroatoms. The summed E-state index contributed by atoms with van der Waals surface area (Å²) in [5.41, 5.74) is 1.93. The molecule has 4 rings (SSSR count). The molecule has 1 aliphatic heterocycles. The summed E-state index contributed by atoms with van der Waals surface area (Å²) < 4.78 is 5.22. The van der Waals surface area contributed by atoms with E-state index in [1.807, 2.05) is 0 Å². The van der Waals surface area contributed by atoms with Crippen molar-refractivity contribution in [2.45, 2.75) is 13.0 Å². The third-order valence-corrected chi connectivity index (χ3v) is 5.28. The standard InChI is InChI=1S/C25H21N3O5/c1-15(29)27-18-6-8-19(9-7-18)28-22(16-10-12-26-13-11-16)21(24(31)25(28)32)23(30)17-4-3-5-20(14-17)33-2/h3-14,22,30H,1-2H3,(H,27,29)/b23-21-. The SMILES string of the molecule is COc1cccc(/C(O)=C2/C(=O)C(=O)N(c3ccc(NC(C)=O)cc3)C2c2ccncc2)c1. The molecule has 166 valence electrons. The van der Waals surface area contributed by atoms with Crippen molar-refractivity contribution in [3.8, 4) is 5.75 Å². The van der Waals surface area contributed by atoms with Crippen LogP contribution in [-0.2, 0) is 14.4 Å². The second kappa shape index (κ2) is 8.96. The number of Topliss-reactive ketones (excluding diaryl/α,β-unsaturated/α-hetero) is 1. The summed E-state index contributed by atoms with van der Waals surface area (Å²) in [4.78, 5) is 43.0. The van der Waals surface area contributed by atoms with Crippen LogP contribution in [0, 0.1) is 0 Å². The van der Waals surface area contributed by atoms with Gasteiger partial charge in [-0.05, 0) is 54.1 Å². The Bertz CT molecular complexity index is 1250. The zero-order chi connectivity index (χ0) is 23.5. The van der Waals surface area contributed by atoms with Crippen LogP contribution < -0.4 is 15.0 Å². The molecule has 2 N–H and O–H groups in total. The van der Waals surface area contributed by atoms with Crippen LogP contribution in [0.2, 0.25) is 0 Å². The molecule has 2 heterocycles. The van der Waals surface area contributed by atoms with Gasteiger partial charge in [0.15, 0.2) is 0 Å². The summed E-state index contributed by atoms with van der Waals surface area (Å²) in [6, 6.07) is 15.7. The summed E-state index contributed by atoms with van der Waals surface area (Å²) in [6.07, 6.45) is 3.11. The van der Waals surface area contributed by atoms with Crippen LogP contribution in [0.4, 0.5) is 11.4 Å². The van der Waals surface area contributed by atoms with Crippen LogP contribution in [-0.4, -0.2) is 34.8 Å². The lowest BCUT2D eigenvalue weighted by Gasteiger charge is -2.25. The minimum Gasteiger partial charge on any atom is -0.507 e. The number of carbonyl (C=O) groups excluding carboxylic acids is 3. The first-order valence-electron chi connectivity index (χ1n) is 10.1. The number of carbonyl (C=O) groups is 3. The Labute approximate surface area is 190 Å². The Morgan fingerprint density at radius 1 is 1.06 bits per heavy atom. The molecular formula is C25H21N3O5. The Morgan fingerprint density at radius 3 is 2.39 bits per heavy atom. The first-order valence-corrected chi connectivity index (χ1v) is 10.1. The number of amides is 2. The maximum Gasteiger partial charge on any atom is 0.300 e. The Kier molecular flexibility index (Phi) is 5.91.